The van der Waals surface area contributed by atoms with E-state index < -0.39 is 0 Å². The van der Waals surface area contributed by atoms with Crippen molar-refractivity contribution in [1.82, 2.24) is 0 Å². The van der Waals surface area contributed by atoms with Crippen molar-refractivity contribution in [1.29, 1.82) is 0 Å². The molecule has 0 radical (unpaired) electrons. The van der Waals surface area contributed by atoms with Crippen LogP contribution in [-0.2, 0) is 12.8 Å². The van der Waals surface area contributed by atoms with Crippen molar-refractivity contribution in [2.45, 2.75) is 148 Å². The predicted octanol–water partition coefficient (Wildman–Crippen LogP) is 8.64. The van der Waals surface area contributed by atoms with Gasteiger partial charge in [0, 0.05) is 23.8 Å². The Morgan fingerprint density at radius 1 is 0.742 bits per heavy atom. The van der Waals surface area contributed by atoms with Gasteiger partial charge in [-0.05, 0) is 75.0 Å². The molecule has 1 aromatic carbocycles. The van der Waals surface area contributed by atoms with Crippen LogP contribution in [0.15, 0.2) is 6.07 Å². The number of benzene rings is 1. The molecule has 1 aromatic rings. The summed E-state index contributed by atoms with van der Waals surface area (Å²) in [5.74, 6) is 0.583. The van der Waals surface area contributed by atoms with Gasteiger partial charge in [-0.15, -0.1) is 0 Å². The van der Waals surface area contributed by atoms with Crippen LogP contribution in [0.2, 0.25) is 0 Å². The lowest BCUT2D eigenvalue weighted by atomic mass is 9.85. The van der Waals surface area contributed by atoms with Crippen LogP contribution in [0.3, 0.4) is 0 Å². The minimum atomic E-state index is 0.583. The van der Waals surface area contributed by atoms with E-state index in [1.54, 1.807) is 0 Å². The lowest BCUT2D eigenvalue weighted by molar-refractivity contribution is 0.339. The van der Waals surface area contributed by atoms with Crippen molar-refractivity contribution in [2.24, 2.45) is 0 Å². The van der Waals surface area contributed by atoms with Gasteiger partial charge in [-0.1, -0.05) is 78.1 Å². The monoisotopic (exact) mass is 427 g/mol. The lowest BCUT2D eigenvalue weighted by Crippen LogP contribution is -2.46. The van der Waals surface area contributed by atoms with Crippen LogP contribution >= 0.6 is 0 Å². The van der Waals surface area contributed by atoms with Gasteiger partial charge in [0.25, 0.3) is 0 Å². The first-order valence-electron chi connectivity index (χ1n) is 13.8. The fourth-order valence-corrected chi connectivity index (χ4v) is 6.26. The molecule has 0 amide bonds. The SMILES string of the molecule is CCCCCc1c(O)cc(N(C2CCCCC2)C2CCCCC2)c(C)c1CCCCC. The molecule has 2 nitrogen and oxygen atoms in total. The molecule has 31 heavy (non-hydrogen) atoms. The second kappa shape index (κ2) is 12.8. The molecule has 2 fully saturated rings. The third-order valence-corrected chi connectivity index (χ3v) is 8.06. The summed E-state index contributed by atoms with van der Waals surface area (Å²) >= 11 is 0. The number of rotatable bonds is 11. The van der Waals surface area contributed by atoms with E-state index in [1.165, 1.54) is 125 Å². The van der Waals surface area contributed by atoms with Gasteiger partial charge in [0.05, 0.1) is 0 Å². The molecule has 0 atom stereocenters. The summed E-state index contributed by atoms with van der Waals surface area (Å²) in [7, 11) is 0. The maximum absolute atomic E-state index is 11.3. The highest BCUT2D eigenvalue weighted by molar-refractivity contribution is 5.64. The standard InChI is InChI=1S/C29H49NO/c1-4-6-10-20-26-23(3)28(22-29(31)27(26)21-11-7-5-2)30(24-16-12-8-13-17-24)25-18-14-9-15-19-25/h22,24-25,31H,4-21H2,1-3H3. The smallest absolute Gasteiger partial charge is 0.121 e. The third kappa shape index (κ3) is 6.42. The molecule has 2 saturated carbocycles. The second-order valence-electron chi connectivity index (χ2n) is 10.4. The van der Waals surface area contributed by atoms with Crippen LogP contribution in [0, 0.1) is 6.92 Å². The van der Waals surface area contributed by atoms with Crippen molar-refractivity contribution < 1.29 is 5.11 Å². The van der Waals surface area contributed by atoms with Crippen molar-refractivity contribution in [3.05, 3.63) is 22.8 Å². The first kappa shape index (κ1) is 24.5. The zero-order valence-corrected chi connectivity index (χ0v) is 20.9. The van der Waals surface area contributed by atoms with E-state index in [0.717, 1.165) is 12.8 Å². The van der Waals surface area contributed by atoms with E-state index in [9.17, 15) is 5.11 Å². The summed E-state index contributed by atoms with van der Waals surface area (Å²) in [6.07, 6.45) is 23.3. The minimum absolute atomic E-state index is 0.583. The molecule has 0 heterocycles. The first-order chi connectivity index (χ1) is 15.2. The molecule has 2 aliphatic rings. The number of hydrogen-bond acceptors (Lipinski definition) is 2. The summed E-state index contributed by atoms with van der Waals surface area (Å²) in [4.78, 5) is 2.83. The zero-order chi connectivity index (χ0) is 22.1. The number of aromatic hydroxyl groups is 1. The zero-order valence-electron chi connectivity index (χ0n) is 20.9. The number of phenolic OH excluding ortho intramolecular Hbond substituents is 1. The van der Waals surface area contributed by atoms with Gasteiger partial charge < -0.3 is 10.0 Å². The molecule has 0 saturated heterocycles. The van der Waals surface area contributed by atoms with Crippen molar-refractivity contribution >= 4 is 5.69 Å². The molecular formula is C29H49NO. The predicted molar refractivity (Wildman–Crippen MR) is 136 cm³/mol. The molecule has 0 aliphatic heterocycles. The van der Waals surface area contributed by atoms with Crippen LogP contribution in [0.25, 0.3) is 0 Å². The highest BCUT2D eigenvalue weighted by Gasteiger charge is 2.31. The van der Waals surface area contributed by atoms with E-state index in [1.807, 2.05) is 0 Å². The molecule has 0 unspecified atom stereocenters. The van der Waals surface area contributed by atoms with E-state index >= 15 is 0 Å². The number of nitrogens with zero attached hydrogens (tertiary/aromatic N) is 1. The lowest BCUT2D eigenvalue weighted by Gasteiger charge is -2.44. The van der Waals surface area contributed by atoms with Gasteiger partial charge in [-0.2, -0.15) is 0 Å². The molecule has 176 valence electrons. The normalized spacial score (nSPS) is 18.4. The summed E-state index contributed by atoms with van der Waals surface area (Å²) in [5.41, 5.74) is 5.60. The quantitative estimate of drug-likeness (QED) is 0.357. The Morgan fingerprint density at radius 3 is 1.71 bits per heavy atom. The Balaban J connectivity index is 1.98. The van der Waals surface area contributed by atoms with E-state index in [-0.39, 0.29) is 0 Å². The summed E-state index contributed by atoms with van der Waals surface area (Å²) in [5, 5.41) is 11.3. The summed E-state index contributed by atoms with van der Waals surface area (Å²) < 4.78 is 0. The topological polar surface area (TPSA) is 23.5 Å². The Kier molecular flexibility index (Phi) is 10.1. The van der Waals surface area contributed by atoms with Crippen molar-refractivity contribution in [3.8, 4) is 5.75 Å². The average molecular weight is 428 g/mol. The molecule has 0 bridgehead atoms. The van der Waals surface area contributed by atoms with Crippen LogP contribution in [-0.4, -0.2) is 17.2 Å². The van der Waals surface area contributed by atoms with Gasteiger partial charge in [0.2, 0.25) is 0 Å². The van der Waals surface area contributed by atoms with Crippen LogP contribution < -0.4 is 4.90 Å². The van der Waals surface area contributed by atoms with Gasteiger partial charge >= 0.3 is 0 Å². The molecule has 1 N–H and O–H groups in total. The number of unbranched alkanes of at least 4 members (excludes halogenated alkanes) is 4. The maximum atomic E-state index is 11.3. The Labute approximate surface area is 192 Å². The van der Waals surface area contributed by atoms with E-state index in [4.69, 9.17) is 0 Å². The van der Waals surface area contributed by atoms with Gasteiger partial charge in [0.1, 0.15) is 5.75 Å². The van der Waals surface area contributed by atoms with Crippen molar-refractivity contribution in [2.75, 3.05) is 4.90 Å². The minimum Gasteiger partial charge on any atom is -0.508 e. The van der Waals surface area contributed by atoms with Crippen molar-refractivity contribution in [3.63, 3.8) is 0 Å². The second-order valence-corrected chi connectivity index (χ2v) is 10.4. The fraction of sp³-hybridized carbons (Fsp3) is 0.793. The molecule has 0 spiro atoms. The van der Waals surface area contributed by atoms with Crippen LogP contribution in [0.1, 0.15) is 133 Å². The number of anilines is 1. The molecular weight excluding hydrogens is 378 g/mol. The highest BCUT2D eigenvalue weighted by Crippen LogP contribution is 2.41. The third-order valence-electron chi connectivity index (χ3n) is 8.06. The van der Waals surface area contributed by atoms with E-state index in [0.29, 0.717) is 17.8 Å². The van der Waals surface area contributed by atoms with Gasteiger partial charge in [0.15, 0.2) is 0 Å². The molecule has 2 aliphatic carbocycles. The number of phenols is 1. The Morgan fingerprint density at radius 2 is 1.23 bits per heavy atom. The Bertz CT molecular complexity index is 637. The molecule has 2 heteroatoms. The summed E-state index contributed by atoms with van der Waals surface area (Å²) in [6.45, 7) is 6.93. The van der Waals surface area contributed by atoms with Gasteiger partial charge in [-0.3, -0.25) is 0 Å². The Hall–Kier alpha value is -1.18. The summed E-state index contributed by atoms with van der Waals surface area (Å²) in [6, 6.07) is 3.53. The van der Waals surface area contributed by atoms with Gasteiger partial charge in [-0.25, -0.2) is 0 Å². The first-order valence-corrected chi connectivity index (χ1v) is 13.8. The average Bonchev–Trinajstić information content (AvgIpc) is 2.80. The molecule has 0 aromatic heterocycles. The fourth-order valence-electron chi connectivity index (χ4n) is 6.26. The highest BCUT2D eigenvalue weighted by atomic mass is 16.3. The van der Waals surface area contributed by atoms with Crippen LogP contribution in [0.5, 0.6) is 5.75 Å². The number of hydrogen-bond donors (Lipinski definition) is 1. The maximum Gasteiger partial charge on any atom is 0.121 e. The van der Waals surface area contributed by atoms with Crippen LogP contribution in [0.4, 0.5) is 5.69 Å². The largest absolute Gasteiger partial charge is 0.508 e. The van der Waals surface area contributed by atoms with E-state index in [2.05, 4.69) is 31.7 Å². The molecule has 3 rings (SSSR count).